The van der Waals surface area contributed by atoms with Gasteiger partial charge in [-0.05, 0) is 19.9 Å². The van der Waals surface area contributed by atoms with Gasteiger partial charge in [0.25, 0.3) is 0 Å². The first-order valence-electron chi connectivity index (χ1n) is 6.62. The molecule has 0 unspecified atom stereocenters. The van der Waals surface area contributed by atoms with Crippen LogP contribution in [0.25, 0.3) is 0 Å². The zero-order chi connectivity index (χ0) is 13.6. The van der Waals surface area contributed by atoms with E-state index in [-0.39, 0.29) is 11.5 Å². The third-order valence-electron chi connectivity index (χ3n) is 4.69. The summed E-state index contributed by atoms with van der Waals surface area (Å²) >= 11 is 0. The van der Waals surface area contributed by atoms with E-state index in [0.717, 1.165) is 16.9 Å². The number of para-hydroxylation sites is 1. The third-order valence-corrected chi connectivity index (χ3v) is 4.69. The largest absolute Gasteiger partial charge is 0.493 e. The maximum atomic E-state index is 9.46. The highest BCUT2D eigenvalue weighted by molar-refractivity contribution is 5.48. The lowest BCUT2D eigenvalue weighted by Gasteiger charge is -2.50. The Labute approximate surface area is 114 Å². The SMILES string of the molecule is CN1C=C(C#N)[C@@H]2c3ccccc3OC[C@@H]2C1(C)C. The van der Waals surface area contributed by atoms with E-state index in [4.69, 9.17) is 4.74 Å². The molecule has 2 heterocycles. The summed E-state index contributed by atoms with van der Waals surface area (Å²) in [6.07, 6.45) is 1.99. The second-order valence-corrected chi connectivity index (χ2v) is 5.89. The van der Waals surface area contributed by atoms with Crippen molar-refractivity contribution in [1.82, 2.24) is 4.90 Å². The lowest BCUT2D eigenvalue weighted by molar-refractivity contribution is 0.0534. The molecule has 2 aliphatic rings. The summed E-state index contributed by atoms with van der Waals surface area (Å²) in [6.45, 7) is 5.09. The Bertz CT molecular complexity index is 583. The molecule has 0 fully saturated rings. The molecule has 2 atom stereocenters. The number of hydrogen-bond donors (Lipinski definition) is 0. The Balaban J connectivity index is 2.18. The van der Waals surface area contributed by atoms with Crippen LogP contribution in [0.3, 0.4) is 0 Å². The van der Waals surface area contributed by atoms with Crippen LogP contribution in [0.1, 0.15) is 25.3 Å². The van der Waals surface area contributed by atoms with E-state index in [0.29, 0.717) is 12.5 Å². The van der Waals surface area contributed by atoms with E-state index in [1.54, 1.807) is 0 Å². The Morgan fingerprint density at radius 2 is 2.11 bits per heavy atom. The fraction of sp³-hybridized carbons (Fsp3) is 0.438. The summed E-state index contributed by atoms with van der Waals surface area (Å²) in [5, 5.41) is 9.46. The zero-order valence-corrected chi connectivity index (χ0v) is 11.6. The summed E-state index contributed by atoms with van der Waals surface area (Å²) in [5.41, 5.74) is 1.97. The van der Waals surface area contributed by atoms with Crippen molar-refractivity contribution in [2.75, 3.05) is 13.7 Å². The second-order valence-electron chi connectivity index (χ2n) is 5.89. The number of rotatable bonds is 0. The smallest absolute Gasteiger partial charge is 0.123 e. The Morgan fingerprint density at radius 3 is 2.84 bits per heavy atom. The molecule has 19 heavy (non-hydrogen) atoms. The molecular formula is C16H18N2O. The number of nitriles is 1. The first-order chi connectivity index (χ1) is 9.05. The molecule has 0 N–H and O–H groups in total. The molecule has 0 aromatic heterocycles. The number of nitrogens with zero attached hydrogens (tertiary/aromatic N) is 2. The monoisotopic (exact) mass is 254 g/mol. The van der Waals surface area contributed by atoms with Crippen molar-refractivity contribution < 1.29 is 4.74 Å². The number of benzene rings is 1. The van der Waals surface area contributed by atoms with Gasteiger partial charge in [-0.3, -0.25) is 0 Å². The standard InChI is InChI=1S/C16H18N2O/c1-16(2)13-10-19-14-7-5-4-6-12(14)15(13)11(8-17)9-18(16)3/h4-7,9,13,15H,10H2,1-3H3/t13-,15+/m0/s1. The van der Waals surface area contributed by atoms with Crippen molar-refractivity contribution >= 4 is 0 Å². The van der Waals surface area contributed by atoms with Gasteiger partial charge in [-0.2, -0.15) is 5.26 Å². The highest BCUT2D eigenvalue weighted by Crippen LogP contribution is 2.49. The topological polar surface area (TPSA) is 36.3 Å². The molecule has 0 saturated heterocycles. The highest BCUT2D eigenvalue weighted by atomic mass is 16.5. The fourth-order valence-corrected chi connectivity index (χ4v) is 3.17. The molecule has 3 nitrogen and oxygen atoms in total. The summed E-state index contributed by atoms with van der Waals surface area (Å²) < 4.78 is 5.91. The van der Waals surface area contributed by atoms with Crippen molar-refractivity contribution in [3.8, 4) is 11.8 Å². The minimum absolute atomic E-state index is 0.0153. The van der Waals surface area contributed by atoms with Crippen LogP contribution in [0.15, 0.2) is 36.0 Å². The van der Waals surface area contributed by atoms with Crippen LogP contribution in [-0.4, -0.2) is 24.1 Å². The predicted octanol–water partition coefficient (Wildman–Crippen LogP) is 2.91. The molecule has 0 aliphatic carbocycles. The molecule has 3 heteroatoms. The fourth-order valence-electron chi connectivity index (χ4n) is 3.17. The van der Waals surface area contributed by atoms with Crippen LogP contribution in [0.5, 0.6) is 5.75 Å². The minimum atomic E-state index is -0.0153. The molecule has 1 aromatic rings. The van der Waals surface area contributed by atoms with E-state index in [1.165, 1.54) is 0 Å². The minimum Gasteiger partial charge on any atom is -0.493 e. The van der Waals surface area contributed by atoms with Gasteiger partial charge in [-0.25, -0.2) is 0 Å². The number of fused-ring (bicyclic) bond motifs is 3. The molecule has 0 spiro atoms. The number of ether oxygens (including phenoxy) is 1. The lowest BCUT2D eigenvalue weighted by Crippen LogP contribution is -2.53. The van der Waals surface area contributed by atoms with Gasteiger partial charge >= 0.3 is 0 Å². The van der Waals surface area contributed by atoms with Gasteiger partial charge in [-0.15, -0.1) is 0 Å². The van der Waals surface area contributed by atoms with E-state index in [2.05, 4.69) is 30.9 Å². The summed E-state index contributed by atoms with van der Waals surface area (Å²) in [7, 11) is 2.04. The average molecular weight is 254 g/mol. The van der Waals surface area contributed by atoms with Crippen LogP contribution >= 0.6 is 0 Å². The van der Waals surface area contributed by atoms with Crippen LogP contribution < -0.4 is 4.74 Å². The Morgan fingerprint density at radius 1 is 1.37 bits per heavy atom. The van der Waals surface area contributed by atoms with Crippen molar-refractivity contribution in [2.45, 2.75) is 25.3 Å². The summed E-state index contributed by atoms with van der Waals surface area (Å²) in [6, 6.07) is 10.5. The van der Waals surface area contributed by atoms with E-state index >= 15 is 0 Å². The van der Waals surface area contributed by atoms with Gasteiger partial charge < -0.3 is 9.64 Å². The third kappa shape index (κ3) is 1.63. The van der Waals surface area contributed by atoms with E-state index < -0.39 is 0 Å². The van der Waals surface area contributed by atoms with Crippen LogP contribution in [0, 0.1) is 17.2 Å². The predicted molar refractivity (Wildman–Crippen MR) is 73.7 cm³/mol. The van der Waals surface area contributed by atoms with Crippen LogP contribution in [0.4, 0.5) is 0 Å². The molecular weight excluding hydrogens is 236 g/mol. The van der Waals surface area contributed by atoms with Gasteiger partial charge in [0.05, 0.1) is 18.2 Å². The molecule has 98 valence electrons. The van der Waals surface area contributed by atoms with Crippen molar-refractivity contribution in [1.29, 1.82) is 5.26 Å². The van der Waals surface area contributed by atoms with Crippen LogP contribution in [-0.2, 0) is 0 Å². The zero-order valence-electron chi connectivity index (χ0n) is 11.6. The number of allylic oxidation sites excluding steroid dienone is 1. The second kappa shape index (κ2) is 4.03. The molecule has 0 bridgehead atoms. The van der Waals surface area contributed by atoms with E-state index in [9.17, 15) is 5.26 Å². The highest BCUT2D eigenvalue weighted by Gasteiger charge is 2.47. The quantitative estimate of drug-likeness (QED) is 0.714. The number of hydrogen-bond acceptors (Lipinski definition) is 3. The normalized spacial score (nSPS) is 27.5. The van der Waals surface area contributed by atoms with E-state index in [1.807, 2.05) is 31.4 Å². The maximum absolute atomic E-state index is 9.46. The summed E-state index contributed by atoms with van der Waals surface area (Å²) in [5.74, 6) is 1.37. The average Bonchev–Trinajstić information content (AvgIpc) is 2.42. The maximum Gasteiger partial charge on any atom is 0.123 e. The summed E-state index contributed by atoms with van der Waals surface area (Å²) in [4.78, 5) is 2.14. The molecule has 1 aromatic carbocycles. The van der Waals surface area contributed by atoms with Gasteiger partial charge in [0.2, 0.25) is 0 Å². The molecule has 0 saturated carbocycles. The molecule has 3 rings (SSSR count). The van der Waals surface area contributed by atoms with Gasteiger partial charge in [0.1, 0.15) is 5.75 Å². The van der Waals surface area contributed by atoms with Gasteiger partial charge in [0, 0.05) is 36.2 Å². The molecule has 0 radical (unpaired) electrons. The first-order valence-corrected chi connectivity index (χ1v) is 6.62. The van der Waals surface area contributed by atoms with Gasteiger partial charge in [-0.1, -0.05) is 18.2 Å². The van der Waals surface area contributed by atoms with Crippen molar-refractivity contribution in [3.63, 3.8) is 0 Å². The first kappa shape index (κ1) is 12.1. The van der Waals surface area contributed by atoms with Crippen LogP contribution in [0.2, 0.25) is 0 Å². The Hall–Kier alpha value is -1.95. The Kier molecular flexibility index (Phi) is 2.56. The van der Waals surface area contributed by atoms with Gasteiger partial charge in [0.15, 0.2) is 0 Å². The lowest BCUT2D eigenvalue weighted by atomic mass is 9.68. The van der Waals surface area contributed by atoms with Crippen molar-refractivity contribution in [3.05, 3.63) is 41.6 Å². The molecule has 2 aliphatic heterocycles. The van der Waals surface area contributed by atoms with Crippen molar-refractivity contribution in [2.24, 2.45) is 5.92 Å². The molecule has 0 amide bonds.